The third-order valence-corrected chi connectivity index (χ3v) is 5.22. The minimum absolute atomic E-state index is 0.342. The molecule has 4 rings (SSSR count). The van der Waals surface area contributed by atoms with E-state index in [-0.39, 0.29) is 0 Å². The first-order chi connectivity index (χ1) is 13.3. The van der Waals surface area contributed by atoms with Crippen LogP contribution in [0.15, 0.2) is 30.3 Å². The molecule has 2 fully saturated rings. The summed E-state index contributed by atoms with van der Waals surface area (Å²) < 4.78 is 16.4. The van der Waals surface area contributed by atoms with Crippen LogP contribution in [0.25, 0.3) is 0 Å². The molecule has 1 aromatic heterocycles. The molecule has 0 bridgehead atoms. The van der Waals surface area contributed by atoms with E-state index in [9.17, 15) is 0 Å². The SMILES string of the molecule is COCc1nc([C@H]2CCOC2)cc(N(Cc2ccccc2OC)C2CC2)n1. The second-order valence-corrected chi connectivity index (χ2v) is 7.23. The van der Waals surface area contributed by atoms with E-state index in [1.807, 2.05) is 12.1 Å². The van der Waals surface area contributed by atoms with E-state index in [2.05, 4.69) is 23.1 Å². The molecule has 1 saturated heterocycles. The van der Waals surface area contributed by atoms with Crippen molar-refractivity contribution in [2.75, 3.05) is 32.3 Å². The Morgan fingerprint density at radius 3 is 2.70 bits per heavy atom. The van der Waals surface area contributed by atoms with Gasteiger partial charge in [-0.3, -0.25) is 0 Å². The maximum Gasteiger partial charge on any atom is 0.156 e. The summed E-state index contributed by atoms with van der Waals surface area (Å²) in [6, 6.07) is 10.9. The summed E-state index contributed by atoms with van der Waals surface area (Å²) in [6.45, 7) is 2.73. The molecule has 2 aromatic rings. The Morgan fingerprint density at radius 2 is 2.00 bits per heavy atom. The van der Waals surface area contributed by atoms with Crippen LogP contribution in [0.4, 0.5) is 5.82 Å². The highest BCUT2D eigenvalue weighted by Crippen LogP contribution is 2.35. The Bertz CT molecular complexity index is 773. The fraction of sp³-hybridized carbons (Fsp3) is 0.524. The minimum Gasteiger partial charge on any atom is -0.496 e. The van der Waals surface area contributed by atoms with Crippen molar-refractivity contribution in [1.29, 1.82) is 0 Å². The molecule has 6 heteroatoms. The Kier molecular flexibility index (Phi) is 5.55. The van der Waals surface area contributed by atoms with Gasteiger partial charge in [0, 0.05) is 43.9 Å². The van der Waals surface area contributed by atoms with Crippen molar-refractivity contribution in [3.63, 3.8) is 0 Å². The molecule has 6 nitrogen and oxygen atoms in total. The summed E-state index contributed by atoms with van der Waals surface area (Å²) in [5, 5.41) is 0. The van der Waals surface area contributed by atoms with E-state index in [1.54, 1.807) is 14.2 Å². The molecule has 0 radical (unpaired) electrons. The van der Waals surface area contributed by atoms with Gasteiger partial charge < -0.3 is 19.1 Å². The van der Waals surface area contributed by atoms with Gasteiger partial charge in [-0.2, -0.15) is 0 Å². The first-order valence-corrected chi connectivity index (χ1v) is 9.61. The monoisotopic (exact) mass is 369 g/mol. The lowest BCUT2D eigenvalue weighted by atomic mass is 10.0. The van der Waals surface area contributed by atoms with Crippen LogP contribution in [0.3, 0.4) is 0 Å². The quantitative estimate of drug-likeness (QED) is 0.712. The molecule has 0 unspecified atom stereocenters. The standard InChI is InChI=1S/C21H27N3O3/c1-25-14-20-22-18(16-9-10-27-13-16)11-21(23-20)24(17-7-8-17)12-15-5-3-4-6-19(15)26-2/h3-6,11,16-17H,7-10,12-14H2,1-2H3/t16-/m0/s1. The lowest BCUT2D eigenvalue weighted by Crippen LogP contribution is -2.27. The summed E-state index contributed by atoms with van der Waals surface area (Å²) in [7, 11) is 3.40. The number of ether oxygens (including phenoxy) is 3. The Hall–Kier alpha value is -2.18. The molecule has 27 heavy (non-hydrogen) atoms. The highest BCUT2D eigenvalue weighted by atomic mass is 16.5. The van der Waals surface area contributed by atoms with Crippen LogP contribution in [-0.2, 0) is 22.6 Å². The molecular weight excluding hydrogens is 342 g/mol. The molecule has 1 saturated carbocycles. The number of benzene rings is 1. The number of aromatic nitrogens is 2. The van der Waals surface area contributed by atoms with Crippen molar-refractivity contribution in [3.05, 3.63) is 47.4 Å². The molecule has 1 aliphatic heterocycles. The normalized spacial score (nSPS) is 19.3. The van der Waals surface area contributed by atoms with E-state index >= 15 is 0 Å². The van der Waals surface area contributed by atoms with Gasteiger partial charge in [0.05, 0.1) is 19.4 Å². The smallest absolute Gasteiger partial charge is 0.156 e. The molecule has 1 aromatic carbocycles. The third-order valence-electron chi connectivity index (χ3n) is 5.22. The second-order valence-electron chi connectivity index (χ2n) is 7.23. The van der Waals surface area contributed by atoms with Crippen LogP contribution >= 0.6 is 0 Å². The lowest BCUT2D eigenvalue weighted by molar-refractivity contribution is 0.177. The summed E-state index contributed by atoms with van der Waals surface area (Å²) >= 11 is 0. The molecule has 2 aliphatic rings. The summed E-state index contributed by atoms with van der Waals surface area (Å²) in [4.78, 5) is 11.9. The summed E-state index contributed by atoms with van der Waals surface area (Å²) in [6.07, 6.45) is 3.40. The van der Waals surface area contributed by atoms with Crippen molar-refractivity contribution in [2.45, 2.75) is 44.4 Å². The summed E-state index contributed by atoms with van der Waals surface area (Å²) in [5.74, 6) is 2.98. The average Bonchev–Trinajstić information content (AvgIpc) is 3.38. The zero-order chi connectivity index (χ0) is 18.6. The fourth-order valence-corrected chi connectivity index (χ4v) is 3.62. The van der Waals surface area contributed by atoms with E-state index in [0.29, 0.717) is 18.6 Å². The number of hydrogen-bond donors (Lipinski definition) is 0. The first kappa shape index (κ1) is 18.2. The van der Waals surface area contributed by atoms with Gasteiger partial charge in [0.25, 0.3) is 0 Å². The number of nitrogens with zero attached hydrogens (tertiary/aromatic N) is 3. The van der Waals surface area contributed by atoms with Crippen molar-refractivity contribution in [3.8, 4) is 5.75 Å². The van der Waals surface area contributed by atoms with Gasteiger partial charge in [-0.15, -0.1) is 0 Å². The van der Waals surface area contributed by atoms with Crippen molar-refractivity contribution in [2.24, 2.45) is 0 Å². The number of anilines is 1. The number of hydrogen-bond acceptors (Lipinski definition) is 6. The summed E-state index contributed by atoms with van der Waals surface area (Å²) in [5.41, 5.74) is 2.24. The van der Waals surface area contributed by atoms with Crippen LogP contribution in [-0.4, -0.2) is 43.4 Å². The molecule has 2 heterocycles. The van der Waals surface area contributed by atoms with Crippen molar-refractivity contribution < 1.29 is 14.2 Å². The topological polar surface area (TPSA) is 56.7 Å². The largest absolute Gasteiger partial charge is 0.496 e. The van der Waals surface area contributed by atoms with Crippen molar-refractivity contribution >= 4 is 5.82 Å². The minimum atomic E-state index is 0.342. The van der Waals surface area contributed by atoms with E-state index in [0.717, 1.165) is 49.3 Å². The van der Waals surface area contributed by atoms with Crippen LogP contribution in [0.1, 0.15) is 42.3 Å². The molecule has 0 amide bonds. The van der Waals surface area contributed by atoms with Crippen LogP contribution in [0.2, 0.25) is 0 Å². The molecule has 1 atom stereocenters. The number of rotatable bonds is 8. The maximum absolute atomic E-state index is 5.58. The van der Waals surface area contributed by atoms with Gasteiger partial charge in [0.1, 0.15) is 18.2 Å². The highest BCUT2D eigenvalue weighted by Gasteiger charge is 2.32. The predicted octanol–water partition coefficient (Wildman–Crippen LogP) is 3.30. The van der Waals surface area contributed by atoms with Gasteiger partial charge in [-0.25, -0.2) is 9.97 Å². The predicted molar refractivity (Wildman–Crippen MR) is 103 cm³/mol. The van der Waals surface area contributed by atoms with Crippen molar-refractivity contribution in [1.82, 2.24) is 9.97 Å². The van der Waals surface area contributed by atoms with Crippen LogP contribution in [0.5, 0.6) is 5.75 Å². The van der Waals surface area contributed by atoms with Gasteiger partial charge in [0.15, 0.2) is 5.82 Å². The van der Waals surface area contributed by atoms with E-state index < -0.39 is 0 Å². The fourth-order valence-electron chi connectivity index (χ4n) is 3.62. The Labute approximate surface area is 160 Å². The van der Waals surface area contributed by atoms with Crippen LogP contribution in [0, 0.1) is 0 Å². The third kappa shape index (κ3) is 4.22. The highest BCUT2D eigenvalue weighted by molar-refractivity contribution is 5.46. The molecule has 0 N–H and O–H groups in total. The van der Waals surface area contributed by atoms with Gasteiger partial charge in [0.2, 0.25) is 0 Å². The first-order valence-electron chi connectivity index (χ1n) is 9.61. The molecular formula is C21H27N3O3. The molecule has 1 aliphatic carbocycles. The average molecular weight is 369 g/mol. The molecule has 144 valence electrons. The van der Waals surface area contributed by atoms with Gasteiger partial charge in [-0.1, -0.05) is 18.2 Å². The second kappa shape index (κ2) is 8.23. The Morgan fingerprint density at radius 1 is 1.15 bits per heavy atom. The zero-order valence-corrected chi connectivity index (χ0v) is 16.1. The molecule has 0 spiro atoms. The number of methoxy groups -OCH3 is 2. The van der Waals surface area contributed by atoms with Gasteiger partial charge >= 0.3 is 0 Å². The number of para-hydroxylation sites is 1. The lowest BCUT2D eigenvalue weighted by Gasteiger charge is -2.26. The van der Waals surface area contributed by atoms with Crippen LogP contribution < -0.4 is 9.64 Å². The maximum atomic E-state index is 5.58. The van der Waals surface area contributed by atoms with Gasteiger partial charge in [-0.05, 0) is 25.3 Å². The Balaban J connectivity index is 1.67. The zero-order valence-electron chi connectivity index (χ0n) is 16.1. The van der Waals surface area contributed by atoms with E-state index in [1.165, 1.54) is 18.4 Å². The van der Waals surface area contributed by atoms with E-state index in [4.69, 9.17) is 24.2 Å².